The van der Waals surface area contributed by atoms with E-state index in [1.165, 1.54) is 0 Å². The van der Waals surface area contributed by atoms with Gasteiger partial charge in [-0.2, -0.15) is 0 Å². The van der Waals surface area contributed by atoms with Gasteiger partial charge >= 0.3 is 0 Å². The van der Waals surface area contributed by atoms with Gasteiger partial charge in [-0.05, 0) is 12.8 Å². The molecule has 1 aliphatic carbocycles. The number of hydrogen-bond donors (Lipinski definition) is 2. The van der Waals surface area contributed by atoms with Crippen LogP contribution in [-0.2, 0) is 4.74 Å². The van der Waals surface area contributed by atoms with Crippen LogP contribution in [0.25, 0.3) is 0 Å². The van der Waals surface area contributed by atoms with E-state index < -0.39 is 0 Å². The Labute approximate surface area is 89.9 Å². The maximum Gasteiger partial charge on any atom is 0.191 e. The molecule has 0 aromatic rings. The van der Waals surface area contributed by atoms with Crippen LogP contribution in [0.4, 0.5) is 0 Å². The Morgan fingerprint density at radius 3 is 2.60 bits per heavy atom. The molecule has 1 saturated carbocycles. The van der Waals surface area contributed by atoms with Gasteiger partial charge in [-0.15, -0.1) is 0 Å². The zero-order valence-corrected chi connectivity index (χ0v) is 8.98. The smallest absolute Gasteiger partial charge is 0.191 e. The van der Waals surface area contributed by atoms with E-state index in [0.717, 1.165) is 39.1 Å². The van der Waals surface area contributed by atoms with Crippen LogP contribution in [0.3, 0.4) is 0 Å². The van der Waals surface area contributed by atoms with E-state index in [-0.39, 0.29) is 12.0 Å². The first kappa shape index (κ1) is 10.7. The van der Waals surface area contributed by atoms with Crippen LogP contribution in [0.15, 0.2) is 4.99 Å². The fourth-order valence-electron chi connectivity index (χ4n) is 1.68. The lowest BCUT2D eigenvalue weighted by Gasteiger charge is -2.27. The summed E-state index contributed by atoms with van der Waals surface area (Å²) in [5.41, 5.74) is 5.93. The number of hydrogen-bond acceptors (Lipinski definition) is 3. The summed E-state index contributed by atoms with van der Waals surface area (Å²) in [6.07, 6.45) is 2.15. The largest absolute Gasteiger partial charge is 0.396 e. The topological polar surface area (TPSA) is 71.1 Å². The van der Waals surface area contributed by atoms with Crippen LogP contribution >= 0.6 is 0 Å². The van der Waals surface area contributed by atoms with E-state index in [2.05, 4.69) is 4.99 Å². The van der Waals surface area contributed by atoms with Gasteiger partial charge in [0.05, 0.1) is 26.4 Å². The van der Waals surface area contributed by atoms with E-state index in [1.54, 1.807) is 0 Å². The molecule has 0 aromatic heterocycles. The minimum atomic E-state index is 0.0525. The number of aliphatic imine (C=N–C) groups is 1. The number of aliphatic hydroxyl groups excluding tert-OH is 1. The van der Waals surface area contributed by atoms with Gasteiger partial charge in [0, 0.05) is 18.5 Å². The molecular formula is C10H19N3O2. The van der Waals surface area contributed by atoms with Crippen LogP contribution in [-0.4, -0.2) is 55.4 Å². The van der Waals surface area contributed by atoms with Gasteiger partial charge in [-0.1, -0.05) is 0 Å². The second kappa shape index (κ2) is 4.37. The highest BCUT2D eigenvalue weighted by Crippen LogP contribution is 2.45. The van der Waals surface area contributed by atoms with E-state index in [9.17, 15) is 0 Å². The maximum absolute atomic E-state index is 9.14. The lowest BCUT2D eigenvalue weighted by atomic mass is 10.1. The highest BCUT2D eigenvalue weighted by molar-refractivity contribution is 5.78. The number of nitrogens with zero attached hydrogens (tertiary/aromatic N) is 2. The summed E-state index contributed by atoms with van der Waals surface area (Å²) in [7, 11) is 0. The first-order chi connectivity index (χ1) is 7.26. The van der Waals surface area contributed by atoms with Crippen molar-refractivity contribution in [3.63, 3.8) is 0 Å². The fourth-order valence-corrected chi connectivity index (χ4v) is 1.68. The first-order valence-corrected chi connectivity index (χ1v) is 5.49. The van der Waals surface area contributed by atoms with Gasteiger partial charge in [-0.25, -0.2) is 0 Å². The minimum absolute atomic E-state index is 0.0525. The second-order valence-electron chi connectivity index (χ2n) is 4.43. The third kappa shape index (κ3) is 2.60. The summed E-state index contributed by atoms with van der Waals surface area (Å²) in [6.45, 7) is 3.98. The molecule has 0 aromatic carbocycles. The molecule has 0 unspecified atom stereocenters. The number of morpholine rings is 1. The van der Waals surface area contributed by atoms with Gasteiger partial charge < -0.3 is 20.5 Å². The summed E-state index contributed by atoms with van der Waals surface area (Å²) in [5.74, 6) is 0.595. The number of ether oxygens (including phenoxy) is 1. The molecule has 1 saturated heterocycles. The van der Waals surface area contributed by atoms with E-state index in [0.29, 0.717) is 12.5 Å². The van der Waals surface area contributed by atoms with Crippen molar-refractivity contribution in [1.82, 2.24) is 4.90 Å². The molecule has 0 atom stereocenters. The van der Waals surface area contributed by atoms with Gasteiger partial charge in [0.15, 0.2) is 5.96 Å². The molecule has 5 nitrogen and oxygen atoms in total. The van der Waals surface area contributed by atoms with Crippen LogP contribution < -0.4 is 5.73 Å². The number of guanidine groups is 1. The van der Waals surface area contributed by atoms with Crippen molar-refractivity contribution >= 4 is 5.96 Å². The Bertz CT molecular complexity index is 245. The SMILES string of the molecule is NC(=NCC1(CO)CC1)N1CCOCC1. The molecule has 15 heavy (non-hydrogen) atoms. The van der Waals surface area contributed by atoms with Crippen molar-refractivity contribution in [2.24, 2.45) is 16.1 Å². The number of aliphatic hydroxyl groups is 1. The lowest BCUT2D eigenvalue weighted by molar-refractivity contribution is 0.0673. The summed E-state index contributed by atoms with van der Waals surface area (Å²) in [6, 6.07) is 0. The normalized spacial score (nSPS) is 25.4. The predicted molar refractivity (Wildman–Crippen MR) is 57.6 cm³/mol. The lowest BCUT2D eigenvalue weighted by Crippen LogP contribution is -2.45. The monoisotopic (exact) mass is 213 g/mol. The molecule has 86 valence electrons. The van der Waals surface area contributed by atoms with Gasteiger partial charge in [0.2, 0.25) is 0 Å². The molecule has 2 fully saturated rings. The molecule has 0 amide bonds. The average Bonchev–Trinajstić information content (AvgIpc) is 3.08. The zero-order valence-electron chi connectivity index (χ0n) is 8.98. The average molecular weight is 213 g/mol. The third-order valence-corrected chi connectivity index (χ3v) is 3.20. The molecule has 1 heterocycles. The predicted octanol–water partition coefficient (Wildman–Crippen LogP) is -0.594. The number of rotatable bonds is 3. The molecule has 5 heteroatoms. The zero-order chi connectivity index (χ0) is 10.7. The second-order valence-corrected chi connectivity index (χ2v) is 4.43. The van der Waals surface area contributed by atoms with Gasteiger partial charge in [0.1, 0.15) is 0 Å². The highest BCUT2D eigenvalue weighted by Gasteiger charge is 2.41. The van der Waals surface area contributed by atoms with E-state index in [4.69, 9.17) is 15.6 Å². The summed E-state index contributed by atoms with van der Waals surface area (Å²) in [4.78, 5) is 6.40. The van der Waals surface area contributed by atoms with E-state index >= 15 is 0 Å². The van der Waals surface area contributed by atoms with Crippen LogP contribution in [0, 0.1) is 5.41 Å². The summed E-state index contributed by atoms with van der Waals surface area (Å²) in [5, 5.41) is 9.14. The van der Waals surface area contributed by atoms with Crippen LogP contribution in [0.1, 0.15) is 12.8 Å². The maximum atomic E-state index is 9.14. The van der Waals surface area contributed by atoms with Crippen molar-refractivity contribution in [2.45, 2.75) is 12.8 Å². The minimum Gasteiger partial charge on any atom is -0.396 e. The van der Waals surface area contributed by atoms with Crippen molar-refractivity contribution < 1.29 is 9.84 Å². The van der Waals surface area contributed by atoms with E-state index in [1.807, 2.05) is 4.90 Å². The molecule has 3 N–H and O–H groups in total. The molecule has 0 spiro atoms. The Kier molecular flexibility index (Phi) is 3.11. The molecule has 2 aliphatic rings. The third-order valence-electron chi connectivity index (χ3n) is 3.20. The fraction of sp³-hybridized carbons (Fsp3) is 0.900. The highest BCUT2D eigenvalue weighted by atomic mass is 16.5. The summed E-state index contributed by atoms with van der Waals surface area (Å²) < 4.78 is 5.24. The first-order valence-electron chi connectivity index (χ1n) is 5.49. The molecule has 0 radical (unpaired) electrons. The van der Waals surface area contributed by atoms with Crippen LogP contribution in [0.2, 0.25) is 0 Å². The molecular weight excluding hydrogens is 194 g/mol. The quantitative estimate of drug-likeness (QED) is 0.485. The summed E-state index contributed by atoms with van der Waals surface area (Å²) >= 11 is 0. The van der Waals surface area contributed by atoms with Crippen molar-refractivity contribution in [1.29, 1.82) is 0 Å². The Hall–Kier alpha value is -0.810. The van der Waals surface area contributed by atoms with Crippen molar-refractivity contribution in [3.8, 4) is 0 Å². The standard InChI is InChI=1S/C10H19N3O2/c11-9(13-3-5-15-6-4-13)12-7-10(8-14)1-2-10/h14H,1-8H2,(H2,11,12). The van der Waals surface area contributed by atoms with Crippen molar-refractivity contribution in [3.05, 3.63) is 0 Å². The van der Waals surface area contributed by atoms with Crippen molar-refractivity contribution in [2.75, 3.05) is 39.5 Å². The Morgan fingerprint density at radius 1 is 1.40 bits per heavy atom. The molecule has 2 rings (SSSR count). The Balaban J connectivity index is 1.83. The molecule has 0 bridgehead atoms. The van der Waals surface area contributed by atoms with Gasteiger partial charge in [-0.3, -0.25) is 4.99 Å². The Morgan fingerprint density at radius 2 is 2.07 bits per heavy atom. The molecule has 1 aliphatic heterocycles. The van der Waals surface area contributed by atoms with Gasteiger partial charge in [0.25, 0.3) is 0 Å². The number of nitrogens with two attached hydrogens (primary N) is 1. The van der Waals surface area contributed by atoms with Crippen LogP contribution in [0.5, 0.6) is 0 Å².